The number of nitrogens with zero attached hydrogens (tertiary/aromatic N) is 1. The van der Waals surface area contributed by atoms with Crippen LogP contribution in [-0.2, 0) is 24.4 Å². The molecule has 1 aromatic carbocycles. The summed E-state index contributed by atoms with van der Waals surface area (Å²) in [4.78, 5) is 11.5. The fourth-order valence-corrected chi connectivity index (χ4v) is 3.35. The second kappa shape index (κ2) is 9.92. The highest BCUT2D eigenvalue weighted by molar-refractivity contribution is 7.85. The molecule has 1 rings (SSSR count). The van der Waals surface area contributed by atoms with Crippen molar-refractivity contribution in [3.05, 3.63) is 29.8 Å². The number of esters is 1. The Hall–Kier alpha value is -1.60. The van der Waals surface area contributed by atoms with Crippen LogP contribution in [0.3, 0.4) is 0 Å². The Labute approximate surface area is 159 Å². The Bertz CT molecular complexity index is 742. The SMILES string of the molecule is COCCOC(=O)CCC(C)(C#N)CC(S)c1ccc(S(=O)(=O)O)cc1. The van der Waals surface area contributed by atoms with Gasteiger partial charge < -0.3 is 9.47 Å². The highest BCUT2D eigenvalue weighted by atomic mass is 32.2. The Morgan fingerprint density at radius 2 is 1.96 bits per heavy atom. The van der Waals surface area contributed by atoms with Gasteiger partial charge >= 0.3 is 5.97 Å². The molecule has 0 saturated heterocycles. The minimum Gasteiger partial charge on any atom is -0.463 e. The largest absolute Gasteiger partial charge is 0.463 e. The van der Waals surface area contributed by atoms with Crippen molar-refractivity contribution >= 4 is 28.7 Å². The van der Waals surface area contributed by atoms with Crippen LogP contribution in [0.25, 0.3) is 0 Å². The van der Waals surface area contributed by atoms with Crippen molar-refractivity contribution in [3.63, 3.8) is 0 Å². The smallest absolute Gasteiger partial charge is 0.305 e. The molecule has 0 aliphatic carbocycles. The monoisotopic (exact) mass is 401 g/mol. The van der Waals surface area contributed by atoms with Crippen LogP contribution in [-0.4, -0.2) is 39.3 Å². The number of benzene rings is 1. The van der Waals surface area contributed by atoms with Crippen molar-refractivity contribution < 1.29 is 27.2 Å². The molecule has 0 spiro atoms. The Balaban J connectivity index is 2.67. The van der Waals surface area contributed by atoms with Gasteiger partial charge in [0.05, 0.1) is 23.0 Å². The Morgan fingerprint density at radius 3 is 2.46 bits per heavy atom. The molecule has 2 unspecified atom stereocenters. The van der Waals surface area contributed by atoms with E-state index in [2.05, 4.69) is 18.7 Å². The van der Waals surface area contributed by atoms with Crippen LogP contribution in [0.15, 0.2) is 29.2 Å². The highest BCUT2D eigenvalue weighted by Gasteiger charge is 2.28. The number of nitriles is 1. The van der Waals surface area contributed by atoms with Crippen molar-refractivity contribution in [2.45, 2.75) is 36.3 Å². The number of ether oxygens (including phenoxy) is 2. The molecule has 1 aromatic rings. The second-order valence-corrected chi connectivity index (χ2v) is 8.19. The molecule has 0 radical (unpaired) electrons. The van der Waals surface area contributed by atoms with Crippen molar-refractivity contribution in [2.24, 2.45) is 5.41 Å². The molecule has 0 saturated carbocycles. The molecule has 0 heterocycles. The van der Waals surface area contributed by atoms with E-state index in [1.54, 1.807) is 6.92 Å². The number of hydrogen-bond acceptors (Lipinski definition) is 7. The van der Waals surface area contributed by atoms with Gasteiger partial charge in [-0.1, -0.05) is 12.1 Å². The third-order valence-corrected chi connectivity index (χ3v) is 5.26. The first kappa shape index (κ1) is 22.4. The Kier molecular flexibility index (Phi) is 8.56. The summed E-state index contributed by atoms with van der Waals surface area (Å²) in [6, 6.07) is 7.86. The highest BCUT2D eigenvalue weighted by Crippen LogP contribution is 2.37. The molecular weight excluding hydrogens is 378 g/mol. The van der Waals surface area contributed by atoms with Gasteiger partial charge in [-0.15, -0.1) is 0 Å². The summed E-state index contributed by atoms with van der Waals surface area (Å²) in [5.74, 6) is -0.392. The van der Waals surface area contributed by atoms with Gasteiger partial charge in [0.1, 0.15) is 6.61 Å². The molecular formula is C17H23NO6S2. The van der Waals surface area contributed by atoms with Crippen molar-refractivity contribution in [1.29, 1.82) is 5.26 Å². The van der Waals surface area contributed by atoms with Gasteiger partial charge in [-0.2, -0.15) is 26.3 Å². The number of hydrogen-bond donors (Lipinski definition) is 2. The minimum atomic E-state index is -4.25. The lowest BCUT2D eigenvalue weighted by Crippen LogP contribution is -2.19. The maximum atomic E-state index is 11.7. The zero-order valence-electron chi connectivity index (χ0n) is 14.7. The second-order valence-electron chi connectivity index (χ2n) is 6.15. The van der Waals surface area contributed by atoms with Crippen LogP contribution < -0.4 is 0 Å². The van der Waals surface area contributed by atoms with Gasteiger partial charge in [0, 0.05) is 18.8 Å². The van der Waals surface area contributed by atoms with E-state index >= 15 is 0 Å². The third kappa shape index (κ3) is 7.33. The fraction of sp³-hybridized carbons (Fsp3) is 0.529. The normalized spacial score (nSPS) is 14.9. The van der Waals surface area contributed by atoms with E-state index in [-0.39, 0.29) is 23.2 Å². The molecule has 0 amide bonds. The lowest BCUT2D eigenvalue weighted by Gasteiger charge is -2.25. The zero-order valence-corrected chi connectivity index (χ0v) is 16.4. The average Bonchev–Trinajstić information content (AvgIpc) is 2.59. The van der Waals surface area contributed by atoms with Crippen molar-refractivity contribution in [1.82, 2.24) is 0 Å². The van der Waals surface area contributed by atoms with Gasteiger partial charge in [-0.05, 0) is 37.5 Å². The van der Waals surface area contributed by atoms with Crippen molar-refractivity contribution in [3.8, 4) is 6.07 Å². The topological polar surface area (TPSA) is 114 Å². The van der Waals surface area contributed by atoms with E-state index in [1.165, 1.54) is 31.4 Å². The predicted molar refractivity (Wildman–Crippen MR) is 98.4 cm³/mol. The van der Waals surface area contributed by atoms with E-state index in [9.17, 15) is 18.5 Å². The summed E-state index contributed by atoms with van der Waals surface area (Å²) >= 11 is 4.49. The van der Waals surface area contributed by atoms with Gasteiger partial charge in [-0.3, -0.25) is 9.35 Å². The summed E-state index contributed by atoms with van der Waals surface area (Å²) < 4.78 is 40.9. The maximum Gasteiger partial charge on any atom is 0.305 e. The molecule has 7 nitrogen and oxygen atoms in total. The fourth-order valence-electron chi connectivity index (χ4n) is 2.30. The summed E-state index contributed by atoms with van der Waals surface area (Å²) in [5.41, 5.74) is -0.0844. The first-order valence-corrected chi connectivity index (χ1v) is 9.88. The summed E-state index contributed by atoms with van der Waals surface area (Å²) in [6.45, 7) is 2.23. The molecule has 0 aromatic heterocycles. The summed E-state index contributed by atoms with van der Waals surface area (Å²) in [6.07, 6.45) is 0.786. The van der Waals surface area contributed by atoms with Gasteiger partial charge in [0.25, 0.3) is 10.1 Å². The summed E-state index contributed by atoms with van der Waals surface area (Å²) in [7, 11) is -2.74. The molecule has 2 atom stereocenters. The standard InChI is InChI=1S/C17H23NO6S2/c1-17(12-18,8-7-16(19)24-10-9-23-2)11-15(25)13-3-5-14(6-4-13)26(20,21)22/h3-6,15,25H,7-11H2,1-2H3,(H,20,21,22). The molecule has 0 fully saturated rings. The predicted octanol–water partition coefficient (Wildman–Crippen LogP) is 2.79. The molecule has 9 heteroatoms. The first-order valence-electron chi connectivity index (χ1n) is 7.92. The Morgan fingerprint density at radius 1 is 1.35 bits per heavy atom. The molecule has 0 bridgehead atoms. The van der Waals surface area contributed by atoms with Crippen LogP contribution in [0.2, 0.25) is 0 Å². The van der Waals surface area contributed by atoms with E-state index in [0.717, 1.165) is 0 Å². The molecule has 0 aliphatic heterocycles. The minimum absolute atomic E-state index is 0.107. The van der Waals surface area contributed by atoms with E-state index in [0.29, 0.717) is 25.0 Å². The molecule has 144 valence electrons. The number of methoxy groups -OCH3 is 1. The van der Waals surface area contributed by atoms with Crippen LogP contribution in [0, 0.1) is 16.7 Å². The van der Waals surface area contributed by atoms with Crippen LogP contribution in [0.4, 0.5) is 0 Å². The van der Waals surface area contributed by atoms with E-state index in [1.807, 2.05) is 0 Å². The maximum absolute atomic E-state index is 11.7. The molecule has 1 N–H and O–H groups in total. The lowest BCUT2D eigenvalue weighted by molar-refractivity contribution is -0.145. The van der Waals surface area contributed by atoms with Gasteiger partial charge in [0.15, 0.2) is 0 Å². The number of rotatable bonds is 10. The average molecular weight is 402 g/mol. The third-order valence-electron chi connectivity index (χ3n) is 3.91. The first-order chi connectivity index (χ1) is 12.1. The van der Waals surface area contributed by atoms with Gasteiger partial charge in [-0.25, -0.2) is 0 Å². The quantitative estimate of drug-likeness (QED) is 0.268. The van der Waals surface area contributed by atoms with Crippen LogP contribution >= 0.6 is 12.6 Å². The number of carbonyl (C=O) groups is 1. The van der Waals surface area contributed by atoms with Gasteiger partial charge in [0.2, 0.25) is 0 Å². The van der Waals surface area contributed by atoms with E-state index in [4.69, 9.17) is 14.0 Å². The van der Waals surface area contributed by atoms with Crippen molar-refractivity contribution in [2.75, 3.05) is 20.3 Å². The number of carbonyl (C=O) groups excluding carboxylic acids is 1. The van der Waals surface area contributed by atoms with Crippen LogP contribution in [0.5, 0.6) is 0 Å². The van der Waals surface area contributed by atoms with Crippen LogP contribution in [0.1, 0.15) is 37.0 Å². The number of thiol groups is 1. The molecule has 26 heavy (non-hydrogen) atoms. The van der Waals surface area contributed by atoms with E-state index < -0.39 is 21.5 Å². The molecule has 0 aliphatic rings. The zero-order chi connectivity index (χ0) is 19.8. The lowest BCUT2D eigenvalue weighted by atomic mass is 9.81. The summed E-state index contributed by atoms with van der Waals surface area (Å²) in [5, 5.41) is 9.16.